The first-order chi connectivity index (χ1) is 7.26. The highest BCUT2D eigenvalue weighted by molar-refractivity contribution is 5.55. The summed E-state index contributed by atoms with van der Waals surface area (Å²) >= 11 is 0. The number of nitrogen functional groups attached to an aromatic ring is 1. The number of alkyl halides is 3. The van der Waals surface area contributed by atoms with Crippen LogP contribution in [0.5, 0.6) is 0 Å². The summed E-state index contributed by atoms with van der Waals surface area (Å²) in [5.74, 6) is -0.582. The third-order valence-corrected chi connectivity index (χ3v) is 1.87. The van der Waals surface area contributed by atoms with E-state index in [1.165, 1.54) is 13.0 Å². The molecule has 0 fully saturated rings. The molecule has 90 valence electrons. The lowest BCUT2D eigenvalue weighted by atomic mass is 10.2. The van der Waals surface area contributed by atoms with Crippen molar-refractivity contribution in [1.29, 1.82) is 0 Å². The standard InChI is InChI=1S/C10H12F4N2/c1-6(5-10(12,13)14)16-9-3-7(11)2-8(15)4-9/h2-4,6,16H,5,15H2,1H3. The Bertz CT molecular complexity index is 342. The maximum atomic E-state index is 12.9. The van der Waals surface area contributed by atoms with Gasteiger partial charge in [0.1, 0.15) is 5.82 Å². The summed E-state index contributed by atoms with van der Waals surface area (Å²) in [6, 6.07) is 2.75. The molecule has 16 heavy (non-hydrogen) atoms. The molecule has 0 aliphatic heterocycles. The molecule has 0 aliphatic rings. The summed E-state index contributed by atoms with van der Waals surface area (Å²) in [6.07, 6.45) is -5.23. The molecule has 1 unspecified atom stereocenters. The van der Waals surface area contributed by atoms with E-state index in [2.05, 4.69) is 5.32 Å². The summed E-state index contributed by atoms with van der Waals surface area (Å²) in [4.78, 5) is 0. The lowest BCUT2D eigenvalue weighted by Crippen LogP contribution is -2.23. The molecule has 0 aliphatic carbocycles. The number of nitrogens with two attached hydrogens (primary N) is 1. The minimum Gasteiger partial charge on any atom is -0.399 e. The molecule has 0 spiro atoms. The van der Waals surface area contributed by atoms with E-state index < -0.39 is 24.5 Å². The molecule has 0 saturated heterocycles. The maximum Gasteiger partial charge on any atom is 0.391 e. The first-order valence-electron chi connectivity index (χ1n) is 4.65. The van der Waals surface area contributed by atoms with Gasteiger partial charge in [0.2, 0.25) is 0 Å². The predicted molar refractivity (Wildman–Crippen MR) is 54.6 cm³/mol. The minimum absolute atomic E-state index is 0.168. The van der Waals surface area contributed by atoms with Crippen molar-refractivity contribution in [2.75, 3.05) is 11.1 Å². The fourth-order valence-corrected chi connectivity index (χ4v) is 1.38. The molecular weight excluding hydrogens is 224 g/mol. The molecule has 3 N–H and O–H groups in total. The molecule has 2 nitrogen and oxygen atoms in total. The summed E-state index contributed by atoms with van der Waals surface area (Å²) in [5.41, 5.74) is 5.77. The summed E-state index contributed by atoms with van der Waals surface area (Å²) < 4.78 is 49.0. The monoisotopic (exact) mass is 236 g/mol. The van der Waals surface area contributed by atoms with Gasteiger partial charge in [0, 0.05) is 17.4 Å². The highest BCUT2D eigenvalue weighted by atomic mass is 19.4. The Labute approximate surface area is 90.4 Å². The zero-order chi connectivity index (χ0) is 12.3. The molecule has 0 saturated carbocycles. The second-order valence-corrected chi connectivity index (χ2v) is 3.64. The van der Waals surface area contributed by atoms with Crippen molar-refractivity contribution in [3.63, 3.8) is 0 Å². The molecule has 0 bridgehead atoms. The largest absolute Gasteiger partial charge is 0.399 e. The average molecular weight is 236 g/mol. The van der Waals surface area contributed by atoms with Gasteiger partial charge in [-0.3, -0.25) is 0 Å². The van der Waals surface area contributed by atoms with Gasteiger partial charge in [0.15, 0.2) is 0 Å². The number of anilines is 2. The van der Waals surface area contributed by atoms with Gasteiger partial charge in [-0.05, 0) is 25.1 Å². The van der Waals surface area contributed by atoms with Crippen LogP contribution >= 0.6 is 0 Å². The normalized spacial score (nSPS) is 13.6. The van der Waals surface area contributed by atoms with Crippen LogP contribution in [0, 0.1) is 5.82 Å². The fraction of sp³-hybridized carbons (Fsp3) is 0.400. The Morgan fingerprint density at radius 1 is 1.31 bits per heavy atom. The Kier molecular flexibility index (Phi) is 3.62. The van der Waals surface area contributed by atoms with Gasteiger partial charge < -0.3 is 11.1 Å². The fourth-order valence-electron chi connectivity index (χ4n) is 1.38. The van der Waals surface area contributed by atoms with E-state index in [4.69, 9.17) is 5.73 Å². The van der Waals surface area contributed by atoms with Gasteiger partial charge in [-0.25, -0.2) is 4.39 Å². The van der Waals surface area contributed by atoms with Crippen molar-refractivity contribution in [2.24, 2.45) is 0 Å². The molecule has 0 amide bonds. The van der Waals surface area contributed by atoms with Crippen LogP contribution in [0.25, 0.3) is 0 Å². The van der Waals surface area contributed by atoms with Gasteiger partial charge in [-0.15, -0.1) is 0 Å². The first kappa shape index (κ1) is 12.6. The van der Waals surface area contributed by atoms with E-state index in [0.29, 0.717) is 0 Å². The summed E-state index contributed by atoms with van der Waals surface area (Å²) in [5, 5.41) is 2.54. The van der Waals surface area contributed by atoms with Gasteiger partial charge in [-0.1, -0.05) is 0 Å². The molecule has 1 aromatic rings. The van der Waals surface area contributed by atoms with Crippen LogP contribution in [0.15, 0.2) is 18.2 Å². The Morgan fingerprint density at radius 2 is 1.94 bits per heavy atom. The van der Waals surface area contributed by atoms with Crippen LogP contribution in [-0.4, -0.2) is 12.2 Å². The van der Waals surface area contributed by atoms with Crippen LogP contribution in [-0.2, 0) is 0 Å². The number of benzene rings is 1. The lowest BCUT2D eigenvalue weighted by Gasteiger charge is -2.17. The SMILES string of the molecule is CC(CC(F)(F)F)Nc1cc(N)cc(F)c1. The first-order valence-corrected chi connectivity index (χ1v) is 4.65. The molecule has 1 rings (SSSR count). The molecule has 6 heteroatoms. The Balaban J connectivity index is 2.66. The Hall–Kier alpha value is -1.46. The van der Waals surface area contributed by atoms with Crippen molar-refractivity contribution in [1.82, 2.24) is 0 Å². The maximum absolute atomic E-state index is 12.9. The molecular formula is C10H12F4N2. The molecule has 0 heterocycles. The van der Waals surface area contributed by atoms with Crippen LogP contribution in [0.4, 0.5) is 28.9 Å². The van der Waals surface area contributed by atoms with E-state index in [0.717, 1.165) is 12.1 Å². The van der Waals surface area contributed by atoms with E-state index in [9.17, 15) is 17.6 Å². The minimum atomic E-state index is -4.24. The Morgan fingerprint density at radius 3 is 2.44 bits per heavy atom. The number of rotatable bonds is 3. The number of hydrogen-bond donors (Lipinski definition) is 2. The van der Waals surface area contributed by atoms with Crippen LogP contribution in [0.2, 0.25) is 0 Å². The van der Waals surface area contributed by atoms with E-state index in [1.54, 1.807) is 0 Å². The van der Waals surface area contributed by atoms with E-state index >= 15 is 0 Å². The zero-order valence-electron chi connectivity index (χ0n) is 8.61. The number of halogens is 4. The van der Waals surface area contributed by atoms with Gasteiger partial charge in [-0.2, -0.15) is 13.2 Å². The third kappa shape index (κ3) is 4.37. The molecule has 0 aromatic heterocycles. The van der Waals surface area contributed by atoms with Crippen molar-refractivity contribution < 1.29 is 17.6 Å². The van der Waals surface area contributed by atoms with Crippen LogP contribution in [0.1, 0.15) is 13.3 Å². The highest BCUT2D eigenvalue weighted by Crippen LogP contribution is 2.24. The van der Waals surface area contributed by atoms with E-state index in [-0.39, 0.29) is 11.4 Å². The zero-order valence-corrected chi connectivity index (χ0v) is 8.61. The summed E-state index contributed by atoms with van der Waals surface area (Å²) in [6.45, 7) is 1.37. The molecule has 1 aromatic carbocycles. The van der Waals surface area contributed by atoms with Crippen LogP contribution < -0.4 is 11.1 Å². The van der Waals surface area contributed by atoms with Crippen molar-refractivity contribution in [3.8, 4) is 0 Å². The van der Waals surface area contributed by atoms with Gasteiger partial charge in [0.25, 0.3) is 0 Å². The molecule has 1 atom stereocenters. The van der Waals surface area contributed by atoms with Crippen molar-refractivity contribution in [3.05, 3.63) is 24.0 Å². The number of hydrogen-bond acceptors (Lipinski definition) is 2. The predicted octanol–water partition coefficient (Wildman–Crippen LogP) is 3.16. The topological polar surface area (TPSA) is 38.0 Å². The van der Waals surface area contributed by atoms with E-state index in [1.807, 2.05) is 0 Å². The van der Waals surface area contributed by atoms with Crippen molar-refractivity contribution in [2.45, 2.75) is 25.6 Å². The van der Waals surface area contributed by atoms with Crippen molar-refractivity contribution >= 4 is 11.4 Å². The third-order valence-electron chi connectivity index (χ3n) is 1.87. The molecule has 0 radical (unpaired) electrons. The average Bonchev–Trinajstić information content (AvgIpc) is 1.96. The second-order valence-electron chi connectivity index (χ2n) is 3.64. The lowest BCUT2D eigenvalue weighted by molar-refractivity contribution is -0.136. The smallest absolute Gasteiger partial charge is 0.391 e. The van der Waals surface area contributed by atoms with Gasteiger partial charge in [0.05, 0.1) is 6.42 Å². The quantitative estimate of drug-likeness (QED) is 0.625. The number of nitrogens with one attached hydrogen (secondary N) is 1. The van der Waals surface area contributed by atoms with Crippen LogP contribution in [0.3, 0.4) is 0 Å². The highest BCUT2D eigenvalue weighted by Gasteiger charge is 2.29. The second kappa shape index (κ2) is 4.59. The van der Waals surface area contributed by atoms with Gasteiger partial charge >= 0.3 is 6.18 Å². The summed E-state index contributed by atoms with van der Waals surface area (Å²) in [7, 11) is 0.